The number of ether oxygens (including phenoxy) is 1. The van der Waals surface area contributed by atoms with Gasteiger partial charge in [0.1, 0.15) is 5.75 Å². The summed E-state index contributed by atoms with van der Waals surface area (Å²) in [5, 5.41) is 0. The summed E-state index contributed by atoms with van der Waals surface area (Å²) in [7, 11) is 1.70. The van der Waals surface area contributed by atoms with Gasteiger partial charge in [0.15, 0.2) is 0 Å². The summed E-state index contributed by atoms with van der Waals surface area (Å²) in [5.74, 6) is 1.17. The monoisotopic (exact) mass is 253 g/mol. The molecule has 1 aliphatic carbocycles. The number of hydrogen-bond donors (Lipinski definition) is 1. The highest BCUT2D eigenvalue weighted by molar-refractivity contribution is 5.43. The van der Waals surface area contributed by atoms with Crippen LogP contribution in [-0.4, -0.2) is 13.2 Å². The standard InChI is InChI=1S/C17H19NO/c1-19-14-7-4-6-13(11-14)17-15-8-3-2-5-12(15)9-10-16(17)18/h2-8,11,16-17H,9-10,18H2,1H3/t16-,17-/m0/s1. The first-order chi connectivity index (χ1) is 9.29. The fraction of sp³-hybridized carbons (Fsp3) is 0.294. The van der Waals surface area contributed by atoms with Crippen LogP contribution in [0.3, 0.4) is 0 Å². The van der Waals surface area contributed by atoms with Crippen molar-refractivity contribution in [2.24, 2.45) is 5.73 Å². The molecule has 0 aromatic heterocycles. The third-order valence-corrected chi connectivity index (χ3v) is 4.02. The van der Waals surface area contributed by atoms with Crippen molar-refractivity contribution >= 4 is 0 Å². The summed E-state index contributed by atoms with van der Waals surface area (Å²) in [4.78, 5) is 0. The number of rotatable bonds is 2. The van der Waals surface area contributed by atoms with Gasteiger partial charge in [-0.25, -0.2) is 0 Å². The predicted octanol–water partition coefficient (Wildman–Crippen LogP) is 3.10. The lowest BCUT2D eigenvalue weighted by molar-refractivity contribution is 0.413. The molecule has 2 atom stereocenters. The molecule has 0 aliphatic heterocycles. The Hall–Kier alpha value is -1.80. The predicted molar refractivity (Wildman–Crippen MR) is 77.6 cm³/mol. The van der Waals surface area contributed by atoms with Crippen molar-refractivity contribution in [1.82, 2.24) is 0 Å². The van der Waals surface area contributed by atoms with Gasteiger partial charge in [-0.2, -0.15) is 0 Å². The van der Waals surface area contributed by atoms with E-state index in [1.807, 2.05) is 12.1 Å². The van der Waals surface area contributed by atoms with Crippen LogP contribution >= 0.6 is 0 Å². The molecule has 2 aromatic carbocycles. The van der Waals surface area contributed by atoms with Crippen LogP contribution in [0.2, 0.25) is 0 Å². The fourth-order valence-electron chi connectivity index (χ4n) is 3.05. The van der Waals surface area contributed by atoms with Gasteiger partial charge in [-0.05, 0) is 41.7 Å². The summed E-state index contributed by atoms with van der Waals surface area (Å²) in [6.07, 6.45) is 2.12. The van der Waals surface area contributed by atoms with E-state index in [0.29, 0.717) is 0 Å². The van der Waals surface area contributed by atoms with Gasteiger partial charge in [0.2, 0.25) is 0 Å². The average molecular weight is 253 g/mol. The minimum atomic E-state index is 0.182. The fourth-order valence-corrected chi connectivity index (χ4v) is 3.05. The topological polar surface area (TPSA) is 35.2 Å². The molecule has 0 spiro atoms. The molecule has 0 amide bonds. The molecule has 2 nitrogen and oxygen atoms in total. The molecule has 0 radical (unpaired) electrons. The molecule has 0 saturated heterocycles. The molecule has 19 heavy (non-hydrogen) atoms. The number of benzene rings is 2. The molecule has 1 aliphatic rings. The Bertz CT molecular complexity index is 579. The second kappa shape index (κ2) is 5.06. The van der Waals surface area contributed by atoms with Crippen LogP contribution < -0.4 is 10.5 Å². The van der Waals surface area contributed by atoms with Crippen LogP contribution in [-0.2, 0) is 6.42 Å². The van der Waals surface area contributed by atoms with Crippen molar-refractivity contribution in [1.29, 1.82) is 0 Å². The maximum Gasteiger partial charge on any atom is 0.119 e. The van der Waals surface area contributed by atoms with Crippen molar-refractivity contribution < 1.29 is 4.74 Å². The van der Waals surface area contributed by atoms with Gasteiger partial charge in [-0.15, -0.1) is 0 Å². The first-order valence-electron chi connectivity index (χ1n) is 6.77. The Morgan fingerprint density at radius 1 is 1.11 bits per heavy atom. The third-order valence-electron chi connectivity index (χ3n) is 4.02. The van der Waals surface area contributed by atoms with Gasteiger partial charge < -0.3 is 10.5 Å². The molecule has 2 heteroatoms. The van der Waals surface area contributed by atoms with E-state index in [1.165, 1.54) is 16.7 Å². The van der Waals surface area contributed by atoms with Crippen molar-refractivity contribution in [2.75, 3.05) is 7.11 Å². The molecule has 0 heterocycles. The lowest BCUT2D eigenvalue weighted by atomic mass is 9.76. The number of aryl methyl sites for hydroxylation is 1. The Labute approximate surface area is 114 Å². The highest BCUT2D eigenvalue weighted by Gasteiger charge is 2.28. The minimum Gasteiger partial charge on any atom is -0.497 e. The zero-order valence-corrected chi connectivity index (χ0v) is 11.2. The van der Waals surface area contributed by atoms with Crippen molar-refractivity contribution in [3.63, 3.8) is 0 Å². The molecular formula is C17H19NO. The molecule has 3 rings (SSSR count). The SMILES string of the molecule is COc1cccc([C@H]2c3ccccc3CC[C@@H]2N)c1. The summed E-state index contributed by atoms with van der Waals surface area (Å²) >= 11 is 0. The zero-order valence-electron chi connectivity index (χ0n) is 11.2. The van der Waals surface area contributed by atoms with E-state index in [2.05, 4.69) is 36.4 Å². The molecular weight excluding hydrogens is 234 g/mol. The average Bonchev–Trinajstić information content (AvgIpc) is 2.47. The molecule has 0 saturated carbocycles. The van der Waals surface area contributed by atoms with Gasteiger partial charge in [0, 0.05) is 12.0 Å². The van der Waals surface area contributed by atoms with Crippen LogP contribution in [0.1, 0.15) is 29.0 Å². The van der Waals surface area contributed by atoms with E-state index >= 15 is 0 Å². The number of nitrogens with two attached hydrogens (primary N) is 1. The van der Waals surface area contributed by atoms with E-state index in [4.69, 9.17) is 10.5 Å². The molecule has 0 bridgehead atoms. The van der Waals surface area contributed by atoms with E-state index in [1.54, 1.807) is 7.11 Å². The Morgan fingerprint density at radius 2 is 1.95 bits per heavy atom. The second-order valence-corrected chi connectivity index (χ2v) is 5.16. The van der Waals surface area contributed by atoms with Gasteiger partial charge in [0.05, 0.1) is 7.11 Å². The second-order valence-electron chi connectivity index (χ2n) is 5.16. The summed E-state index contributed by atoms with van der Waals surface area (Å²) in [6, 6.07) is 17.1. The van der Waals surface area contributed by atoms with Crippen LogP contribution in [0.15, 0.2) is 48.5 Å². The molecule has 98 valence electrons. The van der Waals surface area contributed by atoms with E-state index in [0.717, 1.165) is 18.6 Å². The van der Waals surface area contributed by atoms with Crippen molar-refractivity contribution in [3.8, 4) is 5.75 Å². The van der Waals surface area contributed by atoms with E-state index < -0.39 is 0 Å². The van der Waals surface area contributed by atoms with Gasteiger partial charge >= 0.3 is 0 Å². The quantitative estimate of drug-likeness (QED) is 0.892. The first kappa shape index (κ1) is 12.2. The Kier molecular flexibility index (Phi) is 3.26. The lowest BCUT2D eigenvalue weighted by Crippen LogP contribution is -2.33. The van der Waals surface area contributed by atoms with Gasteiger partial charge in [-0.3, -0.25) is 0 Å². The molecule has 2 aromatic rings. The van der Waals surface area contributed by atoms with Crippen LogP contribution in [0.5, 0.6) is 5.75 Å². The van der Waals surface area contributed by atoms with Crippen LogP contribution in [0.4, 0.5) is 0 Å². The number of methoxy groups -OCH3 is 1. The lowest BCUT2D eigenvalue weighted by Gasteiger charge is -2.31. The van der Waals surface area contributed by atoms with E-state index in [-0.39, 0.29) is 12.0 Å². The maximum absolute atomic E-state index is 6.38. The summed E-state index contributed by atoms with van der Waals surface area (Å²) in [6.45, 7) is 0. The zero-order chi connectivity index (χ0) is 13.2. The number of hydrogen-bond acceptors (Lipinski definition) is 2. The highest BCUT2D eigenvalue weighted by atomic mass is 16.5. The Balaban J connectivity index is 2.07. The maximum atomic E-state index is 6.38. The highest BCUT2D eigenvalue weighted by Crippen LogP contribution is 2.36. The summed E-state index contributed by atoms with van der Waals surface area (Å²) in [5.41, 5.74) is 10.4. The molecule has 0 unspecified atom stereocenters. The summed E-state index contributed by atoms with van der Waals surface area (Å²) < 4.78 is 5.33. The largest absolute Gasteiger partial charge is 0.497 e. The minimum absolute atomic E-state index is 0.182. The number of fused-ring (bicyclic) bond motifs is 1. The Morgan fingerprint density at radius 3 is 2.79 bits per heavy atom. The van der Waals surface area contributed by atoms with Crippen LogP contribution in [0.25, 0.3) is 0 Å². The smallest absolute Gasteiger partial charge is 0.119 e. The molecule has 2 N–H and O–H groups in total. The van der Waals surface area contributed by atoms with Crippen LogP contribution in [0, 0.1) is 0 Å². The third kappa shape index (κ3) is 2.24. The molecule has 0 fully saturated rings. The van der Waals surface area contributed by atoms with Gasteiger partial charge in [-0.1, -0.05) is 36.4 Å². The van der Waals surface area contributed by atoms with E-state index in [9.17, 15) is 0 Å². The van der Waals surface area contributed by atoms with Crippen molar-refractivity contribution in [3.05, 3.63) is 65.2 Å². The van der Waals surface area contributed by atoms with Gasteiger partial charge in [0.25, 0.3) is 0 Å². The first-order valence-corrected chi connectivity index (χ1v) is 6.77. The van der Waals surface area contributed by atoms with Crippen molar-refractivity contribution in [2.45, 2.75) is 24.8 Å². The normalized spacial score (nSPS) is 21.8.